The fourth-order valence-electron chi connectivity index (χ4n) is 1.48. The van der Waals surface area contributed by atoms with E-state index in [0.717, 1.165) is 28.3 Å². The predicted molar refractivity (Wildman–Crippen MR) is 75.0 cm³/mol. The summed E-state index contributed by atoms with van der Waals surface area (Å²) in [5.41, 5.74) is 8.17. The van der Waals surface area contributed by atoms with Crippen LogP contribution >= 0.6 is 11.5 Å². The first-order valence-electron chi connectivity index (χ1n) is 5.58. The number of anilines is 1. The van der Waals surface area contributed by atoms with Gasteiger partial charge in [-0.15, -0.1) is 5.10 Å². The summed E-state index contributed by atoms with van der Waals surface area (Å²) in [5.74, 6) is 5.47. The number of nitrogens with zero attached hydrogens (tertiary/aromatic N) is 2. The van der Waals surface area contributed by atoms with Crippen molar-refractivity contribution in [1.82, 2.24) is 9.59 Å². The van der Waals surface area contributed by atoms with Crippen molar-refractivity contribution in [3.63, 3.8) is 0 Å². The van der Waals surface area contributed by atoms with Crippen LogP contribution in [0.1, 0.15) is 21.6 Å². The summed E-state index contributed by atoms with van der Waals surface area (Å²) < 4.78 is 3.66. The smallest absolute Gasteiger partial charge is 0.277 e. The molecule has 0 radical (unpaired) electrons. The summed E-state index contributed by atoms with van der Waals surface area (Å²) in [4.78, 5) is 11.8. The Balaban J connectivity index is 2.15. The topological polar surface area (TPSA) is 80.9 Å². The van der Waals surface area contributed by atoms with Crippen LogP contribution in [-0.2, 0) is 0 Å². The van der Waals surface area contributed by atoms with E-state index >= 15 is 0 Å². The summed E-state index contributed by atoms with van der Waals surface area (Å²) >= 11 is 1.14. The second-order valence-corrected chi connectivity index (χ2v) is 4.39. The number of benzene rings is 1. The van der Waals surface area contributed by atoms with Crippen molar-refractivity contribution in [3.8, 4) is 11.8 Å². The number of rotatable bonds is 2. The Kier molecular flexibility index (Phi) is 4.23. The number of nitrogens with one attached hydrogen (secondary N) is 1. The van der Waals surface area contributed by atoms with Crippen LogP contribution in [0.4, 0.5) is 5.69 Å². The fourth-order valence-corrected chi connectivity index (χ4v) is 1.92. The first-order chi connectivity index (χ1) is 9.20. The average molecular weight is 272 g/mol. The van der Waals surface area contributed by atoms with Crippen LogP contribution in [0.2, 0.25) is 0 Å². The van der Waals surface area contributed by atoms with Gasteiger partial charge in [0, 0.05) is 16.6 Å². The van der Waals surface area contributed by atoms with E-state index in [4.69, 9.17) is 5.73 Å². The van der Waals surface area contributed by atoms with Crippen molar-refractivity contribution in [3.05, 3.63) is 40.4 Å². The third-order valence-corrected chi connectivity index (χ3v) is 2.91. The fraction of sp³-hybridized carbons (Fsp3) is 0.154. The Hall–Kier alpha value is -2.23. The van der Waals surface area contributed by atoms with Crippen LogP contribution in [0.3, 0.4) is 0 Å². The van der Waals surface area contributed by atoms with Gasteiger partial charge in [0.2, 0.25) is 0 Å². The minimum absolute atomic E-state index is 0.266. The van der Waals surface area contributed by atoms with E-state index in [1.54, 1.807) is 5.38 Å². The molecule has 1 aromatic heterocycles. The number of amides is 1. The molecule has 2 rings (SSSR count). The molecule has 1 heterocycles. The summed E-state index contributed by atoms with van der Waals surface area (Å²) in [7, 11) is 0. The van der Waals surface area contributed by atoms with Gasteiger partial charge in [-0.3, -0.25) is 4.79 Å². The Morgan fingerprint density at radius 2 is 2.37 bits per heavy atom. The van der Waals surface area contributed by atoms with Crippen molar-refractivity contribution in [2.24, 2.45) is 5.73 Å². The summed E-state index contributed by atoms with van der Waals surface area (Å²) in [6.45, 7) is 2.23. The molecule has 2 aromatic rings. The van der Waals surface area contributed by atoms with E-state index in [-0.39, 0.29) is 5.91 Å². The van der Waals surface area contributed by atoms with E-state index in [0.29, 0.717) is 12.2 Å². The zero-order chi connectivity index (χ0) is 13.7. The van der Waals surface area contributed by atoms with Crippen molar-refractivity contribution in [1.29, 1.82) is 0 Å². The molecule has 0 saturated heterocycles. The molecule has 0 spiro atoms. The normalized spacial score (nSPS) is 9.58. The molecule has 3 N–H and O–H groups in total. The van der Waals surface area contributed by atoms with Crippen molar-refractivity contribution in [2.75, 3.05) is 11.9 Å². The zero-order valence-electron chi connectivity index (χ0n) is 10.3. The number of aromatic nitrogens is 2. The molecule has 5 nitrogen and oxygen atoms in total. The summed E-state index contributed by atoms with van der Waals surface area (Å²) in [6.07, 6.45) is 0. The molecule has 6 heteroatoms. The quantitative estimate of drug-likeness (QED) is 0.810. The second kappa shape index (κ2) is 6.09. The van der Waals surface area contributed by atoms with E-state index in [1.807, 2.05) is 25.1 Å². The van der Waals surface area contributed by atoms with E-state index in [9.17, 15) is 4.79 Å². The maximum Gasteiger partial charge on any atom is 0.277 e. The molecule has 96 valence electrons. The second-order valence-electron chi connectivity index (χ2n) is 3.78. The van der Waals surface area contributed by atoms with Gasteiger partial charge in [-0.1, -0.05) is 16.3 Å². The molecule has 0 aliphatic carbocycles. The molecular weight excluding hydrogens is 260 g/mol. The molecule has 0 saturated carbocycles. The van der Waals surface area contributed by atoms with Gasteiger partial charge in [0.15, 0.2) is 5.69 Å². The highest BCUT2D eigenvalue weighted by Gasteiger charge is 2.10. The summed E-state index contributed by atoms with van der Waals surface area (Å²) in [6, 6.07) is 5.55. The minimum Gasteiger partial charge on any atom is -0.320 e. The van der Waals surface area contributed by atoms with Gasteiger partial charge < -0.3 is 11.1 Å². The Labute approximate surface area is 115 Å². The van der Waals surface area contributed by atoms with Gasteiger partial charge >= 0.3 is 0 Å². The number of nitrogens with two attached hydrogens (primary N) is 1. The Bertz CT molecular complexity index is 640. The molecule has 0 bridgehead atoms. The lowest BCUT2D eigenvalue weighted by Crippen LogP contribution is -2.13. The highest BCUT2D eigenvalue weighted by atomic mass is 32.1. The highest BCUT2D eigenvalue weighted by molar-refractivity contribution is 7.03. The van der Waals surface area contributed by atoms with Crippen LogP contribution in [-0.4, -0.2) is 22.0 Å². The molecule has 0 fully saturated rings. The largest absolute Gasteiger partial charge is 0.320 e. The molecule has 19 heavy (non-hydrogen) atoms. The Morgan fingerprint density at radius 1 is 1.53 bits per heavy atom. The number of hydrogen-bond donors (Lipinski definition) is 2. The first-order valence-corrected chi connectivity index (χ1v) is 6.42. The van der Waals surface area contributed by atoms with Crippen LogP contribution in [0.15, 0.2) is 23.6 Å². The van der Waals surface area contributed by atoms with E-state index in [2.05, 4.69) is 26.7 Å². The van der Waals surface area contributed by atoms with Crippen LogP contribution in [0.5, 0.6) is 0 Å². The van der Waals surface area contributed by atoms with Gasteiger partial charge in [-0.05, 0) is 42.2 Å². The molecular formula is C13H12N4OS. The third-order valence-electron chi connectivity index (χ3n) is 2.40. The zero-order valence-corrected chi connectivity index (χ0v) is 11.1. The number of carbonyl (C=O) groups is 1. The highest BCUT2D eigenvalue weighted by Crippen LogP contribution is 2.17. The first kappa shape index (κ1) is 13.2. The van der Waals surface area contributed by atoms with Gasteiger partial charge in [0.25, 0.3) is 5.91 Å². The number of hydrogen-bond acceptors (Lipinski definition) is 5. The van der Waals surface area contributed by atoms with Crippen LogP contribution in [0.25, 0.3) is 0 Å². The van der Waals surface area contributed by atoms with Gasteiger partial charge in [0.1, 0.15) is 0 Å². The maximum atomic E-state index is 11.8. The maximum absolute atomic E-state index is 11.8. The summed E-state index contributed by atoms with van der Waals surface area (Å²) in [5, 5.41) is 8.11. The van der Waals surface area contributed by atoms with Crippen molar-refractivity contribution in [2.45, 2.75) is 6.92 Å². The molecule has 0 atom stereocenters. The Morgan fingerprint density at radius 3 is 3.00 bits per heavy atom. The lowest BCUT2D eigenvalue weighted by molar-refractivity contribution is 0.102. The van der Waals surface area contributed by atoms with E-state index in [1.165, 1.54) is 0 Å². The van der Waals surface area contributed by atoms with E-state index < -0.39 is 0 Å². The minimum atomic E-state index is -0.266. The van der Waals surface area contributed by atoms with Crippen LogP contribution in [0, 0.1) is 18.8 Å². The van der Waals surface area contributed by atoms with Gasteiger partial charge in [0.05, 0.1) is 6.54 Å². The number of aryl methyl sites for hydroxylation is 1. The van der Waals surface area contributed by atoms with Crippen LogP contribution < -0.4 is 11.1 Å². The molecule has 1 amide bonds. The molecule has 0 aliphatic heterocycles. The monoisotopic (exact) mass is 272 g/mol. The van der Waals surface area contributed by atoms with Crippen molar-refractivity contribution < 1.29 is 4.79 Å². The van der Waals surface area contributed by atoms with Gasteiger partial charge in [-0.2, -0.15) is 0 Å². The lowest BCUT2D eigenvalue weighted by atomic mass is 10.1. The molecule has 0 aliphatic rings. The molecule has 0 unspecified atom stereocenters. The standard InChI is InChI=1S/C13H12N4OS/c1-9-7-10(3-2-6-14)4-5-11(9)15-13(18)12-8-19-17-16-12/h4-5,7-8H,6,14H2,1H3,(H,15,18). The van der Waals surface area contributed by atoms with Crippen molar-refractivity contribution >= 4 is 23.1 Å². The molecule has 1 aromatic carbocycles. The SMILES string of the molecule is Cc1cc(C#CCN)ccc1NC(=O)c1csnn1. The average Bonchev–Trinajstić information content (AvgIpc) is 2.93. The third kappa shape index (κ3) is 3.37. The lowest BCUT2D eigenvalue weighted by Gasteiger charge is -2.07. The van der Waals surface area contributed by atoms with Gasteiger partial charge in [-0.25, -0.2) is 0 Å². The number of carbonyl (C=O) groups excluding carboxylic acids is 1. The predicted octanol–water partition coefficient (Wildman–Crippen LogP) is 1.41.